The monoisotopic (exact) mass is 243 g/mol. The van der Waals surface area contributed by atoms with Crippen molar-refractivity contribution in [1.82, 2.24) is 4.90 Å². The third-order valence-corrected chi connectivity index (χ3v) is 2.94. The molecular formula is C11H11ClFNO2. The third kappa shape index (κ3) is 2.03. The van der Waals surface area contributed by atoms with Crippen LogP contribution in [0.5, 0.6) is 0 Å². The van der Waals surface area contributed by atoms with E-state index in [9.17, 15) is 14.3 Å². The van der Waals surface area contributed by atoms with Crippen LogP contribution in [0.3, 0.4) is 0 Å². The lowest BCUT2D eigenvalue weighted by atomic mass is 10.2. The van der Waals surface area contributed by atoms with Gasteiger partial charge in [-0.2, -0.15) is 0 Å². The molecule has 86 valence electrons. The number of aliphatic hydroxyl groups is 1. The van der Waals surface area contributed by atoms with Crippen molar-refractivity contribution in [3.05, 3.63) is 34.6 Å². The van der Waals surface area contributed by atoms with Gasteiger partial charge in [0.15, 0.2) is 0 Å². The fourth-order valence-electron chi connectivity index (χ4n) is 1.79. The van der Waals surface area contributed by atoms with Crippen LogP contribution in [-0.2, 0) is 0 Å². The van der Waals surface area contributed by atoms with Crippen molar-refractivity contribution >= 4 is 17.5 Å². The zero-order valence-electron chi connectivity index (χ0n) is 8.49. The number of rotatable bonds is 1. The van der Waals surface area contributed by atoms with Crippen molar-refractivity contribution in [3.8, 4) is 0 Å². The maximum atomic E-state index is 13.5. The number of hydrogen-bond donors (Lipinski definition) is 1. The number of benzene rings is 1. The van der Waals surface area contributed by atoms with E-state index in [-0.39, 0.29) is 17.1 Å². The Morgan fingerprint density at radius 2 is 2.31 bits per heavy atom. The van der Waals surface area contributed by atoms with Crippen LogP contribution in [0.25, 0.3) is 0 Å². The molecule has 1 aromatic rings. The van der Waals surface area contributed by atoms with Crippen LogP contribution in [0.15, 0.2) is 18.2 Å². The van der Waals surface area contributed by atoms with Crippen molar-refractivity contribution in [3.63, 3.8) is 0 Å². The molecule has 0 unspecified atom stereocenters. The second kappa shape index (κ2) is 4.39. The predicted molar refractivity (Wildman–Crippen MR) is 57.9 cm³/mol. The molecule has 1 N–H and O–H groups in total. The molecular weight excluding hydrogens is 233 g/mol. The number of carbonyl (C=O) groups is 1. The smallest absolute Gasteiger partial charge is 0.258 e. The highest BCUT2D eigenvalue weighted by molar-refractivity contribution is 6.33. The number of halogens is 2. The van der Waals surface area contributed by atoms with Crippen LogP contribution in [0.1, 0.15) is 16.8 Å². The van der Waals surface area contributed by atoms with Crippen molar-refractivity contribution in [2.75, 3.05) is 13.1 Å². The summed E-state index contributed by atoms with van der Waals surface area (Å²) in [5.74, 6) is -1.08. The Hall–Kier alpha value is -1.13. The molecule has 0 bridgehead atoms. The molecule has 1 aliphatic rings. The third-order valence-electron chi connectivity index (χ3n) is 2.63. The second-order valence-corrected chi connectivity index (χ2v) is 4.20. The normalized spacial score (nSPS) is 20.2. The molecule has 1 aliphatic heterocycles. The maximum Gasteiger partial charge on any atom is 0.258 e. The molecule has 3 nitrogen and oxygen atoms in total. The van der Waals surface area contributed by atoms with Gasteiger partial charge in [0.05, 0.1) is 16.7 Å². The molecule has 0 radical (unpaired) electrons. The first-order valence-electron chi connectivity index (χ1n) is 5.01. The second-order valence-electron chi connectivity index (χ2n) is 3.79. The zero-order valence-corrected chi connectivity index (χ0v) is 9.25. The van der Waals surface area contributed by atoms with Crippen LogP contribution in [0.2, 0.25) is 5.02 Å². The first-order valence-corrected chi connectivity index (χ1v) is 5.38. The van der Waals surface area contributed by atoms with E-state index in [0.29, 0.717) is 13.0 Å². The van der Waals surface area contributed by atoms with E-state index in [4.69, 9.17) is 11.6 Å². The lowest BCUT2D eigenvalue weighted by Crippen LogP contribution is -2.30. The van der Waals surface area contributed by atoms with Gasteiger partial charge in [-0.25, -0.2) is 4.39 Å². The fourth-order valence-corrected chi connectivity index (χ4v) is 2.03. The fraction of sp³-hybridized carbons (Fsp3) is 0.364. The molecule has 1 amide bonds. The van der Waals surface area contributed by atoms with E-state index in [0.717, 1.165) is 0 Å². The Labute approximate surface area is 97.4 Å². The Morgan fingerprint density at radius 3 is 2.88 bits per heavy atom. The van der Waals surface area contributed by atoms with Gasteiger partial charge in [-0.1, -0.05) is 17.7 Å². The Morgan fingerprint density at radius 1 is 1.56 bits per heavy atom. The van der Waals surface area contributed by atoms with Gasteiger partial charge in [-0.15, -0.1) is 0 Å². The van der Waals surface area contributed by atoms with Gasteiger partial charge in [-0.05, 0) is 18.6 Å². The quantitative estimate of drug-likeness (QED) is 0.815. The lowest BCUT2D eigenvalue weighted by molar-refractivity contribution is 0.0760. The highest BCUT2D eigenvalue weighted by Gasteiger charge is 2.28. The Balaban J connectivity index is 2.27. The van der Waals surface area contributed by atoms with Gasteiger partial charge in [-0.3, -0.25) is 4.79 Å². The highest BCUT2D eigenvalue weighted by Crippen LogP contribution is 2.22. The average molecular weight is 244 g/mol. The van der Waals surface area contributed by atoms with Gasteiger partial charge in [0.1, 0.15) is 5.82 Å². The summed E-state index contributed by atoms with van der Waals surface area (Å²) in [5, 5.41) is 9.42. The van der Waals surface area contributed by atoms with E-state index < -0.39 is 17.8 Å². The number of carbonyl (C=O) groups excluding carboxylic acids is 1. The molecule has 1 saturated heterocycles. The van der Waals surface area contributed by atoms with Crippen LogP contribution in [0.4, 0.5) is 4.39 Å². The minimum Gasteiger partial charge on any atom is -0.391 e. The van der Waals surface area contributed by atoms with Gasteiger partial charge in [0.25, 0.3) is 5.91 Å². The molecule has 16 heavy (non-hydrogen) atoms. The molecule has 1 fully saturated rings. The van der Waals surface area contributed by atoms with Crippen molar-refractivity contribution < 1.29 is 14.3 Å². The summed E-state index contributed by atoms with van der Waals surface area (Å²) >= 11 is 5.79. The number of likely N-dealkylation sites (tertiary alicyclic amines) is 1. The molecule has 1 heterocycles. The topological polar surface area (TPSA) is 40.5 Å². The SMILES string of the molecule is O=C(c1c(F)cccc1Cl)N1CC[C@H](O)C1. The zero-order chi connectivity index (χ0) is 11.7. The minimum absolute atomic E-state index is 0.103. The van der Waals surface area contributed by atoms with Crippen LogP contribution in [-0.4, -0.2) is 35.1 Å². The van der Waals surface area contributed by atoms with Crippen LogP contribution >= 0.6 is 11.6 Å². The van der Waals surface area contributed by atoms with Gasteiger partial charge in [0.2, 0.25) is 0 Å². The first kappa shape index (κ1) is 11.4. The summed E-state index contributed by atoms with van der Waals surface area (Å²) in [7, 11) is 0. The van der Waals surface area contributed by atoms with E-state index in [1.807, 2.05) is 0 Å². The van der Waals surface area contributed by atoms with E-state index in [1.54, 1.807) is 0 Å². The standard InChI is InChI=1S/C11H11ClFNO2/c12-8-2-1-3-9(13)10(8)11(16)14-5-4-7(15)6-14/h1-3,7,15H,4-6H2/t7-/m0/s1. The number of hydrogen-bond acceptors (Lipinski definition) is 2. The summed E-state index contributed by atoms with van der Waals surface area (Å²) in [4.78, 5) is 13.3. The molecule has 2 rings (SSSR count). The summed E-state index contributed by atoms with van der Waals surface area (Å²) in [6.45, 7) is 0.675. The van der Waals surface area contributed by atoms with Gasteiger partial charge < -0.3 is 10.0 Å². The highest BCUT2D eigenvalue weighted by atomic mass is 35.5. The van der Waals surface area contributed by atoms with Crippen molar-refractivity contribution in [1.29, 1.82) is 0 Å². The van der Waals surface area contributed by atoms with Crippen molar-refractivity contribution in [2.24, 2.45) is 0 Å². The molecule has 5 heteroatoms. The van der Waals surface area contributed by atoms with Gasteiger partial charge in [0, 0.05) is 13.1 Å². The number of nitrogens with zero attached hydrogens (tertiary/aromatic N) is 1. The summed E-state index contributed by atoms with van der Waals surface area (Å²) in [6.07, 6.45) is 0.00662. The summed E-state index contributed by atoms with van der Waals surface area (Å²) in [6, 6.07) is 4.13. The van der Waals surface area contributed by atoms with Crippen molar-refractivity contribution in [2.45, 2.75) is 12.5 Å². The largest absolute Gasteiger partial charge is 0.391 e. The number of amides is 1. The van der Waals surface area contributed by atoms with Crippen LogP contribution in [0, 0.1) is 5.82 Å². The summed E-state index contributed by atoms with van der Waals surface area (Å²) < 4.78 is 13.5. The molecule has 0 aliphatic carbocycles. The Bertz CT molecular complexity index is 404. The maximum absolute atomic E-state index is 13.5. The molecule has 1 atom stereocenters. The lowest BCUT2D eigenvalue weighted by Gasteiger charge is -2.16. The van der Waals surface area contributed by atoms with E-state index >= 15 is 0 Å². The molecule has 0 aromatic heterocycles. The number of β-amino-alcohol motifs (C(OH)–C–C–N with tert-alkyl or cyclic N) is 1. The van der Waals surface area contributed by atoms with Gasteiger partial charge >= 0.3 is 0 Å². The van der Waals surface area contributed by atoms with E-state index in [1.165, 1.54) is 23.1 Å². The minimum atomic E-state index is -0.626. The first-order chi connectivity index (χ1) is 7.59. The molecule has 0 spiro atoms. The summed E-state index contributed by atoms with van der Waals surface area (Å²) in [5.41, 5.74) is -0.113. The molecule has 0 saturated carbocycles. The predicted octanol–water partition coefficient (Wildman–Crippen LogP) is 1.69. The average Bonchev–Trinajstić information content (AvgIpc) is 2.64. The number of aliphatic hydroxyl groups excluding tert-OH is 1. The van der Waals surface area contributed by atoms with E-state index in [2.05, 4.69) is 0 Å². The Kier molecular flexibility index (Phi) is 3.12. The van der Waals surface area contributed by atoms with Crippen LogP contribution < -0.4 is 0 Å². The molecule has 1 aromatic carbocycles.